The van der Waals surface area contributed by atoms with Crippen LogP contribution < -0.4 is 10.6 Å². The fourth-order valence-electron chi connectivity index (χ4n) is 1.77. The molecule has 1 rings (SSSR count). The van der Waals surface area contributed by atoms with Gasteiger partial charge in [-0.1, -0.05) is 19.1 Å². The third kappa shape index (κ3) is 4.57. The monoisotopic (exact) mass is 234 g/mol. The summed E-state index contributed by atoms with van der Waals surface area (Å²) in [5.41, 5.74) is 3.17. The molecule has 0 aliphatic heterocycles. The number of anilines is 1. The molecule has 0 fully saturated rings. The molecular formula is C14H22N2O. The highest BCUT2D eigenvalue weighted by Gasteiger charge is 2.09. The molecule has 1 unspecified atom stereocenters. The summed E-state index contributed by atoms with van der Waals surface area (Å²) in [6.45, 7) is 8.97. The summed E-state index contributed by atoms with van der Waals surface area (Å²) in [6, 6.07) is 6.29. The van der Waals surface area contributed by atoms with E-state index in [4.69, 9.17) is 0 Å². The number of hydrogen-bond donors (Lipinski definition) is 2. The minimum atomic E-state index is 0.0622. The van der Waals surface area contributed by atoms with Crippen molar-refractivity contribution in [1.29, 1.82) is 0 Å². The van der Waals surface area contributed by atoms with E-state index < -0.39 is 0 Å². The first kappa shape index (κ1) is 13.7. The Bertz CT molecular complexity index is 388. The van der Waals surface area contributed by atoms with E-state index in [1.54, 1.807) is 0 Å². The van der Waals surface area contributed by atoms with E-state index in [0.29, 0.717) is 6.42 Å². The molecule has 94 valence electrons. The first-order valence-corrected chi connectivity index (χ1v) is 6.13. The van der Waals surface area contributed by atoms with Gasteiger partial charge in [-0.2, -0.15) is 0 Å². The Labute approximate surface area is 104 Å². The Hall–Kier alpha value is -1.35. The summed E-state index contributed by atoms with van der Waals surface area (Å²) in [5, 5.41) is 6.19. The molecular weight excluding hydrogens is 212 g/mol. The van der Waals surface area contributed by atoms with Gasteiger partial charge in [0.05, 0.1) is 0 Å². The molecule has 1 atom stereocenters. The predicted molar refractivity (Wildman–Crippen MR) is 72.3 cm³/mol. The van der Waals surface area contributed by atoms with E-state index in [0.717, 1.165) is 23.4 Å². The van der Waals surface area contributed by atoms with Gasteiger partial charge >= 0.3 is 0 Å². The molecule has 0 bridgehead atoms. The van der Waals surface area contributed by atoms with E-state index in [2.05, 4.69) is 10.6 Å². The molecule has 0 heterocycles. The topological polar surface area (TPSA) is 41.1 Å². The minimum Gasteiger partial charge on any atom is -0.326 e. The Morgan fingerprint density at radius 3 is 2.71 bits per heavy atom. The fourth-order valence-corrected chi connectivity index (χ4v) is 1.77. The van der Waals surface area contributed by atoms with Crippen molar-refractivity contribution in [2.24, 2.45) is 0 Å². The molecule has 3 nitrogen and oxygen atoms in total. The van der Waals surface area contributed by atoms with Crippen molar-refractivity contribution in [1.82, 2.24) is 5.32 Å². The van der Waals surface area contributed by atoms with Crippen LogP contribution in [0.2, 0.25) is 0 Å². The minimum absolute atomic E-state index is 0.0622. The summed E-state index contributed by atoms with van der Waals surface area (Å²) in [6.07, 6.45) is 0.501. The zero-order valence-corrected chi connectivity index (χ0v) is 11.1. The van der Waals surface area contributed by atoms with Crippen molar-refractivity contribution >= 4 is 11.6 Å². The highest BCUT2D eigenvalue weighted by molar-refractivity contribution is 5.91. The van der Waals surface area contributed by atoms with E-state index in [1.165, 1.54) is 0 Å². The van der Waals surface area contributed by atoms with Crippen LogP contribution >= 0.6 is 0 Å². The molecule has 0 radical (unpaired) electrons. The summed E-state index contributed by atoms with van der Waals surface area (Å²) in [4.78, 5) is 11.8. The maximum absolute atomic E-state index is 11.8. The number of nitrogens with one attached hydrogen (secondary N) is 2. The van der Waals surface area contributed by atoms with Gasteiger partial charge in [-0.15, -0.1) is 0 Å². The van der Waals surface area contributed by atoms with Gasteiger partial charge in [0.15, 0.2) is 0 Å². The van der Waals surface area contributed by atoms with Gasteiger partial charge < -0.3 is 10.6 Å². The van der Waals surface area contributed by atoms with Crippen LogP contribution in [0.4, 0.5) is 5.69 Å². The van der Waals surface area contributed by atoms with Gasteiger partial charge in [0, 0.05) is 18.2 Å². The first-order chi connectivity index (χ1) is 8.02. The van der Waals surface area contributed by atoms with Crippen molar-refractivity contribution in [2.45, 2.75) is 40.2 Å². The van der Waals surface area contributed by atoms with Gasteiger partial charge in [-0.05, 0) is 44.5 Å². The SMILES string of the molecule is CCNC(C)CC(=O)Nc1cc(C)ccc1C. The van der Waals surface area contributed by atoms with Crippen molar-refractivity contribution in [3.05, 3.63) is 29.3 Å². The molecule has 17 heavy (non-hydrogen) atoms. The van der Waals surface area contributed by atoms with E-state index in [9.17, 15) is 4.79 Å². The molecule has 3 heteroatoms. The van der Waals surface area contributed by atoms with Crippen LogP contribution in [0.5, 0.6) is 0 Å². The molecule has 1 aromatic rings. The summed E-state index contributed by atoms with van der Waals surface area (Å²) < 4.78 is 0. The molecule has 1 aromatic carbocycles. The van der Waals surface area contributed by atoms with Gasteiger partial charge in [0.1, 0.15) is 0 Å². The van der Waals surface area contributed by atoms with Crippen LogP contribution in [0.3, 0.4) is 0 Å². The average Bonchev–Trinajstić information content (AvgIpc) is 2.23. The highest BCUT2D eigenvalue weighted by atomic mass is 16.1. The maximum Gasteiger partial charge on any atom is 0.225 e. The number of benzene rings is 1. The van der Waals surface area contributed by atoms with Gasteiger partial charge in [0.2, 0.25) is 5.91 Å². The molecule has 0 aliphatic rings. The third-order valence-corrected chi connectivity index (χ3v) is 2.71. The standard InChI is InChI=1S/C14H22N2O/c1-5-15-12(4)9-14(17)16-13-8-10(2)6-7-11(13)3/h6-8,12,15H,5,9H2,1-4H3,(H,16,17). The van der Waals surface area contributed by atoms with Crippen molar-refractivity contribution in [3.63, 3.8) is 0 Å². The van der Waals surface area contributed by atoms with Crippen molar-refractivity contribution in [2.75, 3.05) is 11.9 Å². The van der Waals surface area contributed by atoms with Gasteiger partial charge in [0.25, 0.3) is 0 Å². The number of aryl methyl sites for hydroxylation is 2. The largest absolute Gasteiger partial charge is 0.326 e. The molecule has 0 spiro atoms. The molecule has 0 saturated carbocycles. The number of carbonyl (C=O) groups is 1. The predicted octanol–water partition coefficient (Wildman–Crippen LogP) is 2.63. The second-order valence-corrected chi connectivity index (χ2v) is 4.53. The van der Waals surface area contributed by atoms with Crippen LogP contribution in [-0.4, -0.2) is 18.5 Å². The normalized spacial score (nSPS) is 12.2. The number of hydrogen-bond acceptors (Lipinski definition) is 2. The Balaban J connectivity index is 2.58. The molecule has 0 aliphatic carbocycles. The van der Waals surface area contributed by atoms with Crippen molar-refractivity contribution in [3.8, 4) is 0 Å². The highest BCUT2D eigenvalue weighted by Crippen LogP contribution is 2.16. The second-order valence-electron chi connectivity index (χ2n) is 4.53. The lowest BCUT2D eigenvalue weighted by Crippen LogP contribution is -2.30. The smallest absolute Gasteiger partial charge is 0.225 e. The summed E-state index contributed by atoms with van der Waals surface area (Å²) in [7, 11) is 0. The quantitative estimate of drug-likeness (QED) is 0.822. The van der Waals surface area contributed by atoms with Crippen LogP contribution in [-0.2, 0) is 4.79 Å². The maximum atomic E-state index is 11.8. The van der Waals surface area contributed by atoms with E-state index >= 15 is 0 Å². The molecule has 0 aromatic heterocycles. The second kappa shape index (κ2) is 6.40. The molecule has 1 amide bonds. The Morgan fingerprint density at radius 1 is 1.35 bits per heavy atom. The van der Waals surface area contributed by atoms with Gasteiger partial charge in [-0.3, -0.25) is 4.79 Å². The zero-order chi connectivity index (χ0) is 12.8. The number of amides is 1. The van der Waals surface area contributed by atoms with Crippen LogP contribution in [0, 0.1) is 13.8 Å². The average molecular weight is 234 g/mol. The molecule has 0 saturated heterocycles. The van der Waals surface area contributed by atoms with Crippen LogP contribution in [0.15, 0.2) is 18.2 Å². The van der Waals surface area contributed by atoms with E-state index in [-0.39, 0.29) is 11.9 Å². The van der Waals surface area contributed by atoms with E-state index in [1.807, 2.05) is 45.9 Å². The van der Waals surface area contributed by atoms with Crippen LogP contribution in [0.25, 0.3) is 0 Å². The fraction of sp³-hybridized carbons (Fsp3) is 0.500. The lowest BCUT2D eigenvalue weighted by Gasteiger charge is -2.13. The summed E-state index contributed by atoms with van der Waals surface area (Å²) >= 11 is 0. The first-order valence-electron chi connectivity index (χ1n) is 6.13. The lowest BCUT2D eigenvalue weighted by atomic mass is 10.1. The summed E-state index contributed by atoms with van der Waals surface area (Å²) in [5.74, 6) is 0.0622. The zero-order valence-electron chi connectivity index (χ0n) is 11.1. The number of carbonyl (C=O) groups excluding carboxylic acids is 1. The van der Waals surface area contributed by atoms with Gasteiger partial charge in [-0.25, -0.2) is 0 Å². The van der Waals surface area contributed by atoms with Crippen LogP contribution in [0.1, 0.15) is 31.4 Å². The third-order valence-electron chi connectivity index (χ3n) is 2.71. The molecule has 2 N–H and O–H groups in total. The Morgan fingerprint density at radius 2 is 2.06 bits per heavy atom. The van der Waals surface area contributed by atoms with Crippen molar-refractivity contribution < 1.29 is 4.79 Å². The Kier molecular flexibility index (Phi) is 5.16. The lowest BCUT2D eigenvalue weighted by molar-refractivity contribution is -0.116. The number of rotatable bonds is 5.